The lowest BCUT2D eigenvalue weighted by Gasteiger charge is -2.22. The summed E-state index contributed by atoms with van der Waals surface area (Å²) in [6.45, 7) is 3.88. The minimum Gasteiger partial charge on any atom is -0.318 e. The third kappa shape index (κ3) is 2.52. The third-order valence-electron chi connectivity index (χ3n) is 4.09. The van der Waals surface area contributed by atoms with E-state index in [4.69, 9.17) is 0 Å². The SMILES string of the molecule is Cc1cc(/C=C2/C(=O)NC(=O)N(C)C2=O)c(C)n1-c1ccccc1. The molecule has 6 nitrogen and oxygen atoms in total. The van der Waals surface area contributed by atoms with Crippen molar-refractivity contribution >= 4 is 23.9 Å². The van der Waals surface area contributed by atoms with Crippen molar-refractivity contribution < 1.29 is 14.4 Å². The van der Waals surface area contributed by atoms with Gasteiger partial charge >= 0.3 is 6.03 Å². The zero-order valence-corrected chi connectivity index (χ0v) is 13.7. The summed E-state index contributed by atoms with van der Waals surface area (Å²) < 4.78 is 2.05. The fourth-order valence-corrected chi connectivity index (χ4v) is 2.81. The summed E-state index contributed by atoms with van der Waals surface area (Å²) in [6, 6.07) is 11.0. The zero-order valence-electron chi connectivity index (χ0n) is 13.7. The lowest BCUT2D eigenvalue weighted by Crippen LogP contribution is -2.52. The molecule has 1 fully saturated rings. The number of nitrogens with zero attached hydrogens (tertiary/aromatic N) is 2. The van der Waals surface area contributed by atoms with Gasteiger partial charge in [-0.2, -0.15) is 0 Å². The first-order valence-electron chi connectivity index (χ1n) is 7.49. The molecule has 1 aromatic carbocycles. The van der Waals surface area contributed by atoms with Gasteiger partial charge in [-0.15, -0.1) is 0 Å². The van der Waals surface area contributed by atoms with Crippen LogP contribution in [0.15, 0.2) is 42.0 Å². The van der Waals surface area contributed by atoms with Crippen molar-refractivity contribution in [3.05, 3.63) is 58.9 Å². The van der Waals surface area contributed by atoms with Crippen LogP contribution < -0.4 is 5.32 Å². The van der Waals surface area contributed by atoms with Crippen molar-refractivity contribution in [3.63, 3.8) is 0 Å². The van der Waals surface area contributed by atoms with Gasteiger partial charge in [-0.25, -0.2) is 4.79 Å². The van der Waals surface area contributed by atoms with E-state index in [9.17, 15) is 14.4 Å². The van der Waals surface area contributed by atoms with E-state index in [0.29, 0.717) is 0 Å². The minimum atomic E-state index is -0.711. The van der Waals surface area contributed by atoms with Gasteiger partial charge in [-0.1, -0.05) is 18.2 Å². The molecule has 122 valence electrons. The molecule has 0 radical (unpaired) electrons. The van der Waals surface area contributed by atoms with Crippen LogP contribution in [-0.2, 0) is 9.59 Å². The quantitative estimate of drug-likeness (QED) is 0.680. The number of benzene rings is 1. The zero-order chi connectivity index (χ0) is 17.4. The maximum Gasteiger partial charge on any atom is 0.331 e. The molecule has 0 unspecified atom stereocenters. The molecular weight excluding hydrogens is 306 g/mol. The normalized spacial score (nSPS) is 16.7. The lowest BCUT2D eigenvalue weighted by molar-refractivity contribution is -0.129. The van der Waals surface area contributed by atoms with Crippen LogP contribution in [-0.4, -0.2) is 34.4 Å². The number of aromatic nitrogens is 1. The molecule has 2 heterocycles. The molecule has 1 saturated heterocycles. The number of para-hydroxylation sites is 1. The topological polar surface area (TPSA) is 71.4 Å². The number of rotatable bonds is 2. The first-order valence-corrected chi connectivity index (χ1v) is 7.49. The Morgan fingerprint density at radius 2 is 1.71 bits per heavy atom. The Morgan fingerprint density at radius 1 is 1.04 bits per heavy atom. The van der Waals surface area contributed by atoms with Crippen LogP contribution in [0.2, 0.25) is 0 Å². The molecule has 1 aliphatic rings. The standard InChI is InChI=1S/C18H17N3O3/c1-11-9-13(12(2)21(11)14-7-5-4-6-8-14)10-15-16(22)19-18(24)20(3)17(15)23/h4-10H,1-3H3,(H,19,22,24)/b15-10-. The number of amides is 4. The predicted octanol–water partition coefficient (Wildman–Crippen LogP) is 2.19. The monoisotopic (exact) mass is 323 g/mol. The number of urea groups is 1. The maximum absolute atomic E-state index is 12.2. The Labute approximate surface area is 139 Å². The molecular formula is C18H17N3O3. The van der Waals surface area contributed by atoms with Crippen LogP contribution in [0.4, 0.5) is 4.79 Å². The van der Waals surface area contributed by atoms with E-state index in [1.807, 2.05) is 54.8 Å². The number of carbonyl (C=O) groups is 3. The van der Waals surface area contributed by atoms with Crippen LogP contribution >= 0.6 is 0 Å². The van der Waals surface area contributed by atoms with Gasteiger partial charge < -0.3 is 4.57 Å². The van der Waals surface area contributed by atoms with Crippen molar-refractivity contribution in [3.8, 4) is 5.69 Å². The van der Waals surface area contributed by atoms with Gasteiger partial charge in [0.25, 0.3) is 11.8 Å². The smallest absolute Gasteiger partial charge is 0.318 e. The van der Waals surface area contributed by atoms with E-state index in [-0.39, 0.29) is 5.57 Å². The fourth-order valence-electron chi connectivity index (χ4n) is 2.81. The Kier molecular flexibility index (Phi) is 3.81. The van der Waals surface area contributed by atoms with Crippen molar-refractivity contribution in [2.45, 2.75) is 13.8 Å². The Hall–Kier alpha value is -3.15. The van der Waals surface area contributed by atoms with Crippen LogP contribution in [0.25, 0.3) is 11.8 Å². The summed E-state index contributed by atoms with van der Waals surface area (Å²) >= 11 is 0. The summed E-state index contributed by atoms with van der Waals surface area (Å²) in [5.74, 6) is -1.28. The van der Waals surface area contributed by atoms with Crippen molar-refractivity contribution in [1.82, 2.24) is 14.8 Å². The predicted molar refractivity (Wildman–Crippen MR) is 89.5 cm³/mol. The van der Waals surface area contributed by atoms with Gasteiger partial charge in [-0.3, -0.25) is 19.8 Å². The molecule has 2 aromatic rings. The van der Waals surface area contributed by atoms with E-state index >= 15 is 0 Å². The molecule has 1 N–H and O–H groups in total. The summed E-state index contributed by atoms with van der Waals surface area (Å²) in [5.41, 5.74) is 3.61. The van der Waals surface area contributed by atoms with Crippen molar-refractivity contribution in [2.24, 2.45) is 0 Å². The van der Waals surface area contributed by atoms with Gasteiger partial charge in [0, 0.05) is 24.1 Å². The Morgan fingerprint density at radius 3 is 2.38 bits per heavy atom. The van der Waals surface area contributed by atoms with E-state index in [0.717, 1.165) is 27.5 Å². The highest BCUT2D eigenvalue weighted by Crippen LogP contribution is 2.23. The third-order valence-corrected chi connectivity index (χ3v) is 4.09. The van der Waals surface area contributed by atoms with Gasteiger partial charge in [0.1, 0.15) is 5.57 Å². The molecule has 6 heteroatoms. The Bertz CT molecular complexity index is 878. The molecule has 1 aromatic heterocycles. The van der Waals surface area contributed by atoms with Gasteiger partial charge in [-0.05, 0) is 43.7 Å². The molecule has 0 atom stereocenters. The molecule has 0 saturated carbocycles. The number of imide groups is 2. The average molecular weight is 323 g/mol. The molecule has 0 spiro atoms. The minimum absolute atomic E-state index is 0.0505. The second kappa shape index (κ2) is 5.81. The molecule has 1 aliphatic heterocycles. The summed E-state index contributed by atoms with van der Waals surface area (Å²) in [5, 5.41) is 2.15. The number of hydrogen-bond acceptors (Lipinski definition) is 3. The van der Waals surface area contributed by atoms with E-state index in [1.54, 1.807) is 0 Å². The van der Waals surface area contributed by atoms with Crippen molar-refractivity contribution in [2.75, 3.05) is 7.05 Å². The number of likely N-dealkylation sites (N-methyl/N-ethyl adjacent to an activating group) is 1. The summed E-state index contributed by atoms with van der Waals surface area (Å²) in [7, 11) is 1.34. The second-order valence-corrected chi connectivity index (χ2v) is 5.68. The van der Waals surface area contributed by atoms with Gasteiger partial charge in [0.2, 0.25) is 0 Å². The average Bonchev–Trinajstić information content (AvgIpc) is 2.84. The number of carbonyl (C=O) groups excluding carboxylic acids is 3. The molecule has 0 aliphatic carbocycles. The molecule has 0 bridgehead atoms. The van der Waals surface area contributed by atoms with E-state index in [2.05, 4.69) is 5.32 Å². The van der Waals surface area contributed by atoms with Crippen LogP contribution in [0, 0.1) is 13.8 Å². The van der Waals surface area contributed by atoms with Gasteiger partial charge in [0.05, 0.1) is 0 Å². The molecule has 24 heavy (non-hydrogen) atoms. The number of nitrogens with one attached hydrogen (secondary N) is 1. The summed E-state index contributed by atoms with van der Waals surface area (Å²) in [6.07, 6.45) is 1.53. The van der Waals surface area contributed by atoms with Crippen LogP contribution in [0.1, 0.15) is 17.0 Å². The first-order chi connectivity index (χ1) is 11.4. The van der Waals surface area contributed by atoms with E-state index < -0.39 is 17.8 Å². The fraction of sp³-hybridized carbons (Fsp3) is 0.167. The van der Waals surface area contributed by atoms with Crippen LogP contribution in [0.5, 0.6) is 0 Å². The lowest BCUT2D eigenvalue weighted by atomic mass is 10.1. The number of hydrogen-bond donors (Lipinski definition) is 1. The Balaban J connectivity index is 2.07. The number of aryl methyl sites for hydroxylation is 1. The largest absolute Gasteiger partial charge is 0.331 e. The second-order valence-electron chi connectivity index (χ2n) is 5.68. The number of barbiturate groups is 1. The van der Waals surface area contributed by atoms with E-state index in [1.165, 1.54) is 13.1 Å². The molecule has 3 rings (SSSR count). The van der Waals surface area contributed by atoms with Gasteiger partial charge in [0.15, 0.2) is 0 Å². The highest BCUT2D eigenvalue weighted by molar-refractivity contribution is 6.30. The molecule has 4 amide bonds. The highest BCUT2D eigenvalue weighted by atomic mass is 16.2. The first kappa shape index (κ1) is 15.7. The highest BCUT2D eigenvalue weighted by Gasteiger charge is 2.33. The maximum atomic E-state index is 12.2. The summed E-state index contributed by atoms with van der Waals surface area (Å²) in [4.78, 5) is 36.5. The van der Waals surface area contributed by atoms with Crippen molar-refractivity contribution in [1.29, 1.82) is 0 Å². The van der Waals surface area contributed by atoms with Crippen LogP contribution in [0.3, 0.4) is 0 Å².